The van der Waals surface area contributed by atoms with Crippen LogP contribution in [0.25, 0.3) is 10.6 Å². The van der Waals surface area contributed by atoms with Gasteiger partial charge in [-0.2, -0.15) is 4.31 Å². The van der Waals surface area contributed by atoms with Crippen LogP contribution in [0.2, 0.25) is 0 Å². The lowest BCUT2D eigenvalue weighted by molar-refractivity contribution is 0.102. The second-order valence-corrected chi connectivity index (χ2v) is 11.4. The average Bonchev–Trinajstić information content (AvgIpc) is 3.35. The number of thiophene rings is 1. The van der Waals surface area contributed by atoms with Crippen molar-refractivity contribution in [2.75, 3.05) is 18.4 Å². The lowest BCUT2D eigenvalue weighted by Gasteiger charge is -2.26. The fraction of sp³-hybridized carbons (Fsp3) is 0.360. The van der Waals surface area contributed by atoms with Crippen LogP contribution in [0.3, 0.4) is 0 Å². The normalized spacial score (nSPS) is 14.8. The summed E-state index contributed by atoms with van der Waals surface area (Å²) < 4.78 is 33.8. The van der Waals surface area contributed by atoms with Gasteiger partial charge in [0.1, 0.15) is 5.75 Å². The molecule has 34 heavy (non-hydrogen) atoms. The van der Waals surface area contributed by atoms with E-state index in [1.807, 2.05) is 37.4 Å². The van der Waals surface area contributed by atoms with Crippen LogP contribution in [0.1, 0.15) is 49.2 Å². The van der Waals surface area contributed by atoms with E-state index in [9.17, 15) is 13.2 Å². The molecular weight excluding hydrogens is 470 g/mol. The van der Waals surface area contributed by atoms with Crippen molar-refractivity contribution in [3.63, 3.8) is 0 Å². The van der Waals surface area contributed by atoms with Gasteiger partial charge in [-0.05, 0) is 75.4 Å². The van der Waals surface area contributed by atoms with E-state index in [-0.39, 0.29) is 16.9 Å². The molecule has 180 valence electrons. The number of sulfonamides is 1. The van der Waals surface area contributed by atoms with Crippen molar-refractivity contribution >= 4 is 33.0 Å². The molecule has 1 fully saturated rings. The number of rotatable bonds is 7. The van der Waals surface area contributed by atoms with E-state index in [1.165, 1.54) is 10.4 Å². The summed E-state index contributed by atoms with van der Waals surface area (Å²) in [6, 6.07) is 12.1. The van der Waals surface area contributed by atoms with E-state index < -0.39 is 10.0 Å². The van der Waals surface area contributed by atoms with Crippen molar-refractivity contribution in [1.29, 1.82) is 0 Å². The van der Waals surface area contributed by atoms with Gasteiger partial charge in [0.2, 0.25) is 10.0 Å². The topological polar surface area (TPSA) is 88.6 Å². The highest BCUT2D eigenvalue weighted by Crippen LogP contribution is 2.32. The van der Waals surface area contributed by atoms with Crippen LogP contribution in [0.4, 0.5) is 5.69 Å². The van der Waals surface area contributed by atoms with Crippen LogP contribution in [0.15, 0.2) is 52.7 Å². The second kappa shape index (κ2) is 10.2. The Hall–Kier alpha value is -2.75. The number of carbonyl (C=O) groups is 1. The minimum absolute atomic E-state index is 0.142. The number of pyridine rings is 1. The van der Waals surface area contributed by atoms with Crippen molar-refractivity contribution in [2.24, 2.45) is 0 Å². The first-order chi connectivity index (χ1) is 16.3. The number of aromatic nitrogens is 1. The molecule has 0 spiro atoms. The van der Waals surface area contributed by atoms with Crippen molar-refractivity contribution in [3.8, 4) is 16.3 Å². The smallest absolute Gasteiger partial charge is 0.257 e. The molecule has 2 aromatic heterocycles. The number of ether oxygens (including phenoxy) is 1. The van der Waals surface area contributed by atoms with Crippen molar-refractivity contribution < 1.29 is 17.9 Å². The number of benzene rings is 1. The molecule has 1 amide bonds. The average molecular weight is 500 g/mol. The highest BCUT2D eigenvalue weighted by atomic mass is 32.2. The van der Waals surface area contributed by atoms with Gasteiger partial charge in [0.25, 0.3) is 5.91 Å². The minimum Gasteiger partial charge on any atom is -0.489 e. The van der Waals surface area contributed by atoms with E-state index in [4.69, 9.17) is 4.74 Å². The van der Waals surface area contributed by atoms with Crippen LogP contribution in [-0.2, 0) is 10.0 Å². The molecule has 0 radical (unpaired) electrons. The summed E-state index contributed by atoms with van der Waals surface area (Å²) in [5.41, 5.74) is 2.13. The number of anilines is 1. The maximum Gasteiger partial charge on any atom is 0.257 e. The molecule has 3 aromatic rings. The second-order valence-electron chi connectivity index (χ2n) is 8.55. The third kappa shape index (κ3) is 5.32. The van der Waals surface area contributed by atoms with Crippen LogP contribution in [-0.4, -0.2) is 42.8 Å². The first-order valence-corrected chi connectivity index (χ1v) is 13.7. The largest absolute Gasteiger partial charge is 0.489 e. The number of aryl methyl sites for hydroxylation is 1. The van der Waals surface area contributed by atoms with Crippen LogP contribution >= 0.6 is 11.3 Å². The van der Waals surface area contributed by atoms with Crippen LogP contribution in [0, 0.1) is 6.92 Å². The maximum atomic E-state index is 13.2. The van der Waals surface area contributed by atoms with Gasteiger partial charge in [-0.1, -0.05) is 12.5 Å². The van der Waals surface area contributed by atoms with Crippen molar-refractivity contribution in [3.05, 3.63) is 59.1 Å². The summed E-state index contributed by atoms with van der Waals surface area (Å²) in [6.07, 6.45) is 2.59. The lowest BCUT2D eigenvalue weighted by atomic mass is 10.1. The number of piperidine rings is 1. The summed E-state index contributed by atoms with van der Waals surface area (Å²) >= 11 is 1.58. The molecule has 1 aromatic carbocycles. The molecule has 1 N–H and O–H groups in total. The first kappa shape index (κ1) is 24.4. The number of amides is 1. The summed E-state index contributed by atoms with van der Waals surface area (Å²) in [6.45, 7) is 6.56. The van der Waals surface area contributed by atoms with Gasteiger partial charge in [0.05, 0.1) is 38.5 Å². The van der Waals surface area contributed by atoms with Gasteiger partial charge in [-0.15, -0.1) is 11.3 Å². The summed E-state index contributed by atoms with van der Waals surface area (Å²) in [5, 5.41) is 4.84. The highest BCUT2D eigenvalue weighted by Gasteiger charge is 2.27. The van der Waals surface area contributed by atoms with Gasteiger partial charge >= 0.3 is 0 Å². The SMILES string of the molecule is Cc1nc(-c2cccs2)ccc1C(=O)Nc1cc(S(=O)(=O)N2CCCCC2)ccc1OC(C)C. The van der Waals surface area contributed by atoms with E-state index in [0.29, 0.717) is 35.8 Å². The Morgan fingerprint density at radius 2 is 1.88 bits per heavy atom. The fourth-order valence-electron chi connectivity index (χ4n) is 3.93. The molecule has 0 unspecified atom stereocenters. The van der Waals surface area contributed by atoms with E-state index >= 15 is 0 Å². The molecule has 9 heteroatoms. The van der Waals surface area contributed by atoms with Gasteiger partial charge in [0.15, 0.2) is 0 Å². The van der Waals surface area contributed by atoms with Gasteiger partial charge in [-0.3, -0.25) is 9.78 Å². The third-order valence-corrected chi connectivity index (χ3v) is 8.41. The Labute approximate surface area is 204 Å². The minimum atomic E-state index is -3.65. The molecule has 0 atom stereocenters. The van der Waals surface area contributed by atoms with Gasteiger partial charge in [0, 0.05) is 13.1 Å². The zero-order valence-corrected chi connectivity index (χ0v) is 21.2. The Kier molecular flexibility index (Phi) is 7.35. The first-order valence-electron chi connectivity index (χ1n) is 11.4. The molecule has 1 aliphatic rings. The van der Waals surface area contributed by atoms with Crippen molar-refractivity contribution in [2.45, 2.75) is 51.0 Å². The molecule has 4 rings (SSSR count). The summed E-state index contributed by atoms with van der Waals surface area (Å²) in [5.74, 6) is 0.0469. The predicted molar refractivity (Wildman–Crippen MR) is 135 cm³/mol. The standard InChI is InChI=1S/C25H29N3O4S2/c1-17(2)32-23-12-9-19(34(30,31)28-13-5-4-6-14-28)16-22(23)27-25(29)20-10-11-21(26-18(20)3)24-8-7-15-33-24/h7-12,15-17H,4-6,13-14H2,1-3H3,(H,27,29). The number of carbonyl (C=O) groups excluding carboxylic acids is 1. The molecule has 0 saturated carbocycles. The Morgan fingerprint density at radius 1 is 1.12 bits per heavy atom. The summed E-state index contributed by atoms with van der Waals surface area (Å²) in [7, 11) is -3.65. The molecule has 0 bridgehead atoms. The molecule has 7 nitrogen and oxygen atoms in total. The Morgan fingerprint density at radius 3 is 2.53 bits per heavy atom. The van der Waals surface area contributed by atoms with E-state index in [0.717, 1.165) is 29.8 Å². The number of hydrogen-bond acceptors (Lipinski definition) is 6. The highest BCUT2D eigenvalue weighted by molar-refractivity contribution is 7.89. The van der Waals surface area contributed by atoms with Crippen LogP contribution < -0.4 is 10.1 Å². The monoisotopic (exact) mass is 499 g/mol. The summed E-state index contributed by atoms with van der Waals surface area (Å²) in [4.78, 5) is 18.9. The van der Waals surface area contributed by atoms with Gasteiger partial charge in [-0.25, -0.2) is 8.42 Å². The molecule has 1 saturated heterocycles. The zero-order chi connectivity index (χ0) is 24.3. The third-order valence-electron chi connectivity index (χ3n) is 5.62. The molecular formula is C25H29N3O4S2. The van der Waals surface area contributed by atoms with Crippen molar-refractivity contribution in [1.82, 2.24) is 9.29 Å². The predicted octanol–water partition coefficient (Wildman–Crippen LogP) is 5.33. The molecule has 0 aliphatic carbocycles. The number of hydrogen-bond donors (Lipinski definition) is 1. The van der Waals surface area contributed by atoms with Crippen LogP contribution in [0.5, 0.6) is 5.75 Å². The molecule has 3 heterocycles. The maximum absolute atomic E-state index is 13.2. The lowest BCUT2D eigenvalue weighted by Crippen LogP contribution is -2.35. The number of nitrogens with zero attached hydrogens (tertiary/aromatic N) is 2. The fourth-order valence-corrected chi connectivity index (χ4v) is 6.17. The molecule has 1 aliphatic heterocycles. The quantitative estimate of drug-likeness (QED) is 0.474. The Balaban J connectivity index is 1.64. The zero-order valence-electron chi connectivity index (χ0n) is 19.6. The van der Waals surface area contributed by atoms with E-state index in [2.05, 4.69) is 10.3 Å². The number of nitrogens with one attached hydrogen (secondary N) is 1. The van der Waals surface area contributed by atoms with E-state index in [1.54, 1.807) is 36.5 Å². The Bertz CT molecular complexity index is 1270. The van der Waals surface area contributed by atoms with Gasteiger partial charge < -0.3 is 10.1 Å².